The van der Waals surface area contributed by atoms with Gasteiger partial charge in [-0.2, -0.15) is 10.4 Å². The Labute approximate surface area is 178 Å². The predicted molar refractivity (Wildman–Crippen MR) is 116 cm³/mol. The molecule has 1 N–H and O–H groups in total. The number of hydrogen-bond donors (Lipinski definition) is 1. The summed E-state index contributed by atoms with van der Waals surface area (Å²) in [4.78, 5) is 13.5. The van der Waals surface area contributed by atoms with Crippen molar-refractivity contribution in [2.75, 3.05) is 11.5 Å². The number of aromatic nitrogens is 2. The molecule has 1 aliphatic heterocycles. The lowest BCUT2D eigenvalue weighted by atomic mass is 10.1. The van der Waals surface area contributed by atoms with Crippen molar-refractivity contribution >= 4 is 33.2 Å². The molecule has 1 amide bonds. The average molecular weight is 439 g/mol. The summed E-state index contributed by atoms with van der Waals surface area (Å²) >= 11 is 1.51. The molecule has 30 heavy (non-hydrogen) atoms. The number of hydrogen-bond acceptors (Lipinski definition) is 6. The minimum atomic E-state index is -3.13. The van der Waals surface area contributed by atoms with Gasteiger partial charge in [0.15, 0.2) is 9.84 Å². The van der Waals surface area contributed by atoms with Crippen LogP contribution in [0.15, 0.2) is 59.6 Å². The van der Waals surface area contributed by atoms with Gasteiger partial charge in [0, 0.05) is 17.8 Å². The third-order valence-electron chi connectivity index (χ3n) is 4.75. The zero-order chi connectivity index (χ0) is 21.1. The van der Waals surface area contributed by atoms with Crippen molar-refractivity contribution in [3.8, 4) is 22.3 Å². The lowest BCUT2D eigenvalue weighted by Crippen LogP contribution is -2.36. The highest BCUT2D eigenvalue weighted by Gasteiger charge is 2.29. The Kier molecular flexibility index (Phi) is 5.53. The molecule has 1 aromatic carbocycles. The molecule has 0 unspecified atom stereocenters. The monoisotopic (exact) mass is 438 g/mol. The van der Waals surface area contributed by atoms with Crippen molar-refractivity contribution in [2.45, 2.75) is 12.5 Å². The van der Waals surface area contributed by atoms with Gasteiger partial charge in [-0.05, 0) is 36.1 Å². The third-order valence-corrected chi connectivity index (χ3v) is 7.39. The molecule has 3 heterocycles. The zero-order valence-electron chi connectivity index (χ0n) is 15.9. The highest BCUT2D eigenvalue weighted by molar-refractivity contribution is 7.91. The number of rotatable bonds is 5. The lowest BCUT2D eigenvalue weighted by molar-refractivity contribution is -0.117. The number of thiophene rings is 1. The van der Waals surface area contributed by atoms with Crippen molar-refractivity contribution < 1.29 is 13.2 Å². The number of nitriles is 1. The number of nitrogens with zero attached hydrogens (tertiary/aromatic N) is 3. The quantitative estimate of drug-likeness (QED) is 0.487. The molecule has 152 valence electrons. The second-order valence-corrected chi connectivity index (χ2v) is 10.1. The Morgan fingerprint density at radius 2 is 2.07 bits per heavy atom. The van der Waals surface area contributed by atoms with E-state index in [4.69, 9.17) is 0 Å². The minimum absolute atomic E-state index is 0.0515. The predicted octanol–water partition coefficient (Wildman–Crippen LogP) is 2.81. The highest BCUT2D eigenvalue weighted by Crippen LogP contribution is 2.29. The molecule has 3 aromatic rings. The Balaban J connectivity index is 1.67. The molecule has 1 atom stereocenters. The van der Waals surface area contributed by atoms with E-state index in [-0.39, 0.29) is 17.1 Å². The molecule has 4 rings (SSSR count). The molecule has 0 bridgehead atoms. The van der Waals surface area contributed by atoms with Crippen molar-refractivity contribution in [2.24, 2.45) is 0 Å². The van der Waals surface area contributed by atoms with E-state index in [1.165, 1.54) is 17.4 Å². The fraction of sp³-hybridized carbons (Fsp3) is 0.190. The number of amides is 1. The molecular formula is C21H18N4O3S2. The first kappa shape index (κ1) is 20.1. The first-order chi connectivity index (χ1) is 14.4. The van der Waals surface area contributed by atoms with Crippen LogP contribution in [-0.2, 0) is 14.6 Å². The highest BCUT2D eigenvalue weighted by atomic mass is 32.2. The van der Waals surface area contributed by atoms with Crippen LogP contribution in [0.1, 0.15) is 12.0 Å². The number of sulfone groups is 1. The van der Waals surface area contributed by atoms with Crippen LogP contribution < -0.4 is 5.32 Å². The van der Waals surface area contributed by atoms with Crippen molar-refractivity contribution in [3.05, 3.63) is 65.2 Å². The molecule has 1 saturated heterocycles. The minimum Gasteiger partial charge on any atom is -0.348 e. The number of carbonyl (C=O) groups excluding carboxylic acids is 1. The summed E-state index contributed by atoms with van der Waals surface area (Å²) in [6.45, 7) is 0. The van der Waals surface area contributed by atoms with Gasteiger partial charge in [-0.15, -0.1) is 11.3 Å². The van der Waals surface area contributed by atoms with E-state index in [9.17, 15) is 18.5 Å². The molecule has 0 saturated carbocycles. The second-order valence-electron chi connectivity index (χ2n) is 6.93. The Morgan fingerprint density at radius 1 is 1.27 bits per heavy atom. The van der Waals surface area contributed by atoms with Crippen LogP contribution in [0, 0.1) is 11.3 Å². The first-order valence-corrected chi connectivity index (χ1v) is 12.0. The topological polar surface area (TPSA) is 105 Å². The number of para-hydroxylation sites is 1. The largest absolute Gasteiger partial charge is 0.348 e. The van der Waals surface area contributed by atoms with Gasteiger partial charge in [0.1, 0.15) is 17.3 Å². The standard InChI is InChI=1S/C21H18N4O3S2/c22-12-15(21(26)23-17-8-10-30(27,28)14-17)11-16-13-25(18-5-2-1-3-6-18)24-20(16)19-7-4-9-29-19/h1-7,9,11,13,17H,8,10,14H2,(H,23,26)/b15-11+/t17-/m1/s1. The van der Waals surface area contributed by atoms with E-state index < -0.39 is 21.8 Å². The van der Waals surface area contributed by atoms with Crippen molar-refractivity contribution in [1.82, 2.24) is 15.1 Å². The average Bonchev–Trinajstić information content (AvgIpc) is 3.46. The summed E-state index contributed by atoms with van der Waals surface area (Å²) in [5.74, 6) is -0.621. The third kappa shape index (κ3) is 4.35. The van der Waals surface area contributed by atoms with Crippen LogP contribution in [0.25, 0.3) is 22.3 Å². The van der Waals surface area contributed by atoms with Crippen LogP contribution in [0.5, 0.6) is 0 Å². The van der Waals surface area contributed by atoms with Crippen LogP contribution in [0.2, 0.25) is 0 Å². The maximum Gasteiger partial charge on any atom is 0.262 e. The second kappa shape index (κ2) is 8.26. The summed E-state index contributed by atoms with van der Waals surface area (Å²) in [5.41, 5.74) is 2.06. The van der Waals surface area contributed by atoms with E-state index in [0.29, 0.717) is 17.7 Å². The Morgan fingerprint density at radius 3 is 2.70 bits per heavy atom. The van der Waals surface area contributed by atoms with Gasteiger partial charge in [0.05, 0.1) is 22.1 Å². The molecule has 9 heteroatoms. The summed E-state index contributed by atoms with van der Waals surface area (Å²) in [6.07, 6.45) is 3.63. The molecule has 0 aliphatic carbocycles. The maximum atomic E-state index is 12.6. The molecule has 7 nitrogen and oxygen atoms in total. The van der Waals surface area contributed by atoms with Gasteiger partial charge in [-0.25, -0.2) is 13.1 Å². The van der Waals surface area contributed by atoms with E-state index in [0.717, 1.165) is 10.6 Å². The Bertz CT molecular complexity index is 1240. The summed E-state index contributed by atoms with van der Waals surface area (Å²) in [7, 11) is -3.13. The lowest BCUT2D eigenvalue weighted by Gasteiger charge is -2.09. The molecule has 1 fully saturated rings. The normalized spacial score (nSPS) is 18.1. The molecule has 1 aliphatic rings. The fourth-order valence-electron chi connectivity index (χ4n) is 3.29. The van der Waals surface area contributed by atoms with Gasteiger partial charge in [0.25, 0.3) is 5.91 Å². The summed E-state index contributed by atoms with van der Waals surface area (Å²) < 4.78 is 25.0. The van der Waals surface area contributed by atoms with Gasteiger partial charge in [-0.1, -0.05) is 24.3 Å². The molecule has 2 aromatic heterocycles. The Hall–Kier alpha value is -3.22. The molecule has 0 radical (unpaired) electrons. The van der Waals surface area contributed by atoms with E-state index >= 15 is 0 Å². The van der Waals surface area contributed by atoms with Crippen LogP contribution in [-0.4, -0.2) is 41.7 Å². The summed E-state index contributed by atoms with van der Waals surface area (Å²) in [6, 6.07) is 14.8. The van der Waals surface area contributed by atoms with E-state index in [1.54, 1.807) is 10.9 Å². The van der Waals surface area contributed by atoms with Gasteiger partial charge in [-0.3, -0.25) is 4.79 Å². The fourth-order valence-corrected chi connectivity index (χ4v) is 5.69. The molecule has 0 spiro atoms. The number of carbonyl (C=O) groups is 1. The van der Waals surface area contributed by atoms with Crippen LogP contribution in [0.4, 0.5) is 0 Å². The number of nitrogens with one attached hydrogen (secondary N) is 1. The maximum absolute atomic E-state index is 12.6. The molecular weight excluding hydrogens is 420 g/mol. The smallest absolute Gasteiger partial charge is 0.262 e. The number of benzene rings is 1. The van der Waals surface area contributed by atoms with E-state index in [2.05, 4.69) is 10.4 Å². The first-order valence-electron chi connectivity index (χ1n) is 9.27. The van der Waals surface area contributed by atoms with Crippen molar-refractivity contribution in [1.29, 1.82) is 5.26 Å². The van der Waals surface area contributed by atoms with Crippen molar-refractivity contribution in [3.63, 3.8) is 0 Å². The van der Waals surface area contributed by atoms with Gasteiger partial charge in [0.2, 0.25) is 0 Å². The summed E-state index contributed by atoms with van der Waals surface area (Å²) in [5, 5.41) is 18.8. The van der Waals surface area contributed by atoms with Crippen LogP contribution >= 0.6 is 11.3 Å². The van der Waals surface area contributed by atoms with E-state index in [1.807, 2.05) is 53.9 Å². The van der Waals surface area contributed by atoms with Crippen LogP contribution in [0.3, 0.4) is 0 Å². The SMILES string of the molecule is N#C/C(=C\c1cn(-c2ccccc2)nc1-c1cccs1)C(=O)N[C@@H]1CCS(=O)(=O)C1. The van der Waals surface area contributed by atoms with Gasteiger partial charge < -0.3 is 5.32 Å². The van der Waals surface area contributed by atoms with Gasteiger partial charge >= 0.3 is 0 Å². The zero-order valence-corrected chi connectivity index (χ0v) is 17.5.